The van der Waals surface area contributed by atoms with E-state index in [1.54, 1.807) is 18.7 Å². The Morgan fingerprint density at radius 3 is 1.94 bits per heavy atom. The number of amides is 2. The van der Waals surface area contributed by atoms with Gasteiger partial charge in [-0.05, 0) is 33.6 Å². The molecule has 0 saturated carbocycles. The highest BCUT2D eigenvalue weighted by Gasteiger charge is 2.37. The number of rotatable bonds is 6. The molecule has 2 N–H and O–H groups in total. The van der Waals surface area contributed by atoms with Crippen molar-refractivity contribution in [2.75, 3.05) is 6.54 Å². The van der Waals surface area contributed by atoms with Crippen molar-refractivity contribution in [3.8, 4) is 0 Å². The Morgan fingerprint density at radius 2 is 1.71 bits per heavy atom. The van der Waals surface area contributed by atoms with E-state index in [0.717, 1.165) is 0 Å². The summed E-state index contributed by atoms with van der Waals surface area (Å²) in [4.78, 5) is 24.9. The molecule has 17 heavy (non-hydrogen) atoms. The number of hydrogen-bond acceptors (Lipinski definition) is 2. The van der Waals surface area contributed by atoms with Crippen LogP contribution in [0.15, 0.2) is 0 Å². The monoisotopic (exact) mass is 244 g/mol. The maximum atomic E-state index is 12.0. The molecule has 0 radical (unpaired) electrons. The molecule has 0 aromatic heterocycles. The molecule has 5 heteroatoms. The molecule has 0 rings (SSSR count). The molecule has 0 aromatic carbocycles. The van der Waals surface area contributed by atoms with Gasteiger partial charge in [0.15, 0.2) is 0 Å². The highest BCUT2D eigenvalue weighted by atomic mass is 16.4. The van der Waals surface area contributed by atoms with Crippen LogP contribution in [0.2, 0.25) is 0 Å². The number of carboxylic acids is 1. The summed E-state index contributed by atoms with van der Waals surface area (Å²) in [5.74, 6) is -0.976. The van der Waals surface area contributed by atoms with Crippen molar-refractivity contribution in [1.29, 1.82) is 0 Å². The summed E-state index contributed by atoms with van der Waals surface area (Å²) in [6.45, 7) is 9.78. The van der Waals surface area contributed by atoms with E-state index < -0.39 is 11.5 Å². The van der Waals surface area contributed by atoms with E-state index in [1.165, 1.54) is 0 Å². The minimum atomic E-state index is -1.15. The van der Waals surface area contributed by atoms with Gasteiger partial charge < -0.3 is 15.3 Å². The fourth-order valence-electron chi connectivity index (χ4n) is 1.80. The zero-order valence-corrected chi connectivity index (χ0v) is 11.4. The Balaban J connectivity index is 4.89. The van der Waals surface area contributed by atoms with E-state index in [4.69, 9.17) is 0 Å². The summed E-state index contributed by atoms with van der Waals surface area (Å²) < 4.78 is 0. The molecule has 0 aliphatic carbocycles. The lowest BCUT2D eigenvalue weighted by Crippen LogP contribution is -2.58. The number of carboxylic acid groups (broad SMARTS) is 1. The molecule has 0 spiro atoms. The summed E-state index contributed by atoms with van der Waals surface area (Å²) >= 11 is 0. The third-order valence-corrected chi connectivity index (χ3v) is 3.19. The molecule has 0 atom stereocenters. The number of aliphatic carboxylic acids is 1. The molecule has 5 nitrogen and oxygen atoms in total. The zero-order chi connectivity index (χ0) is 13.6. The number of hydrogen-bond donors (Lipinski definition) is 2. The van der Waals surface area contributed by atoms with Crippen LogP contribution < -0.4 is 5.32 Å². The first kappa shape index (κ1) is 15.7. The third-order valence-electron chi connectivity index (χ3n) is 3.19. The van der Waals surface area contributed by atoms with Gasteiger partial charge in [-0.2, -0.15) is 0 Å². The van der Waals surface area contributed by atoms with Crippen LogP contribution >= 0.6 is 0 Å². The van der Waals surface area contributed by atoms with E-state index in [1.807, 2.05) is 20.8 Å². The van der Waals surface area contributed by atoms with Gasteiger partial charge in [0, 0.05) is 12.6 Å². The minimum absolute atomic E-state index is 0.0557. The number of carbonyl (C=O) groups excluding carboxylic acids is 1. The van der Waals surface area contributed by atoms with Crippen LogP contribution in [-0.4, -0.2) is 40.1 Å². The van der Waals surface area contributed by atoms with Crippen LogP contribution in [0.4, 0.5) is 4.79 Å². The van der Waals surface area contributed by atoms with Crippen molar-refractivity contribution < 1.29 is 14.7 Å². The highest BCUT2D eigenvalue weighted by molar-refractivity contribution is 5.86. The van der Waals surface area contributed by atoms with Crippen LogP contribution in [0.25, 0.3) is 0 Å². The van der Waals surface area contributed by atoms with E-state index in [2.05, 4.69) is 5.32 Å². The summed E-state index contributed by atoms with van der Waals surface area (Å²) in [7, 11) is 0. The molecular weight excluding hydrogens is 220 g/mol. The van der Waals surface area contributed by atoms with Crippen molar-refractivity contribution in [2.45, 2.75) is 59.0 Å². The number of nitrogens with one attached hydrogen (secondary N) is 1. The second kappa shape index (κ2) is 6.47. The van der Waals surface area contributed by atoms with Crippen molar-refractivity contribution in [2.24, 2.45) is 0 Å². The molecule has 0 aliphatic rings. The van der Waals surface area contributed by atoms with Gasteiger partial charge in [0.05, 0.1) is 0 Å². The van der Waals surface area contributed by atoms with E-state index in [0.29, 0.717) is 19.4 Å². The van der Waals surface area contributed by atoms with E-state index >= 15 is 0 Å². The smallest absolute Gasteiger partial charge is 0.329 e. The van der Waals surface area contributed by atoms with Gasteiger partial charge in [-0.1, -0.05) is 13.8 Å². The van der Waals surface area contributed by atoms with Gasteiger partial charge in [-0.3, -0.25) is 0 Å². The molecule has 0 saturated heterocycles. The molecule has 0 fully saturated rings. The normalized spacial score (nSPS) is 11.4. The predicted octanol–water partition coefficient (Wildman–Crippen LogP) is 2.07. The summed E-state index contributed by atoms with van der Waals surface area (Å²) in [5.41, 5.74) is -1.15. The zero-order valence-electron chi connectivity index (χ0n) is 11.4. The molecule has 0 heterocycles. The SMILES string of the molecule is CCN(C(=O)NC(CC)(CC)C(=O)O)C(C)C. The second-order valence-corrected chi connectivity index (χ2v) is 4.40. The third kappa shape index (κ3) is 3.61. The fraction of sp³-hybridized carbons (Fsp3) is 0.833. The van der Waals surface area contributed by atoms with Gasteiger partial charge >= 0.3 is 12.0 Å². The predicted molar refractivity (Wildman–Crippen MR) is 67.0 cm³/mol. The largest absolute Gasteiger partial charge is 0.480 e. The lowest BCUT2D eigenvalue weighted by Gasteiger charge is -2.33. The molecule has 100 valence electrons. The molecule has 2 amide bonds. The highest BCUT2D eigenvalue weighted by Crippen LogP contribution is 2.16. The summed E-state index contributed by atoms with van der Waals surface area (Å²) in [5, 5.41) is 11.9. The van der Waals surface area contributed by atoms with Crippen molar-refractivity contribution in [1.82, 2.24) is 10.2 Å². The Bertz CT molecular complexity index is 273. The standard InChI is InChI=1S/C12H24N2O3/c1-6-12(7-2,10(15)16)13-11(17)14(8-3)9(4)5/h9H,6-8H2,1-5H3,(H,13,17)(H,15,16). The first-order valence-electron chi connectivity index (χ1n) is 6.16. The lowest BCUT2D eigenvalue weighted by molar-refractivity contribution is -0.144. The number of nitrogens with zero attached hydrogens (tertiary/aromatic N) is 1. The maximum Gasteiger partial charge on any atom is 0.329 e. The van der Waals surface area contributed by atoms with Crippen LogP contribution in [0.3, 0.4) is 0 Å². The number of urea groups is 1. The number of carbonyl (C=O) groups is 2. The summed E-state index contributed by atoms with van der Waals surface area (Å²) in [6, 6.07) is -0.256. The fourth-order valence-corrected chi connectivity index (χ4v) is 1.80. The van der Waals surface area contributed by atoms with Gasteiger partial charge in [-0.15, -0.1) is 0 Å². The quantitative estimate of drug-likeness (QED) is 0.751. The van der Waals surface area contributed by atoms with Gasteiger partial charge in [0.25, 0.3) is 0 Å². The van der Waals surface area contributed by atoms with Crippen LogP contribution in [-0.2, 0) is 4.79 Å². The average Bonchev–Trinajstić information content (AvgIpc) is 2.25. The van der Waals surface area contributed by atoms with Crippen LogP contribution in [0.5, 0.6) is 0 Å². The molecule has 0 bridgehead atoms. The Hall–Kier alpha value is -1.26. The molecule has 0 aliphatic heterocycles. The first-order chi connectivity index (χ1) is 7.84. The Labute approximate surface area is 103 Å². The second-order valence-electron chi connectivity index (χ2n) is 4.40. The first-order valence-corrected chi connectivity index (χ1v) is 6.16. The van der Waals surface area contributed by atoms with Gasteiger partial charge in [-0.25, -0.2) is 9.59 Å². The topological polar surface area (TPSA) is 69.6 Å². The lowest BCUT2D eigenvalue weighted by atomic mass is 9.93. The van der Waals surface area contributed by atoms with Gasteiger partial charge in [0.2, 0.25) is 0 Å². The van der Waals surface area contributed by atoms with E-state index in [-0.39, 0.29) is 12.1 Å². The maximum absolute atomic E-state index is 12.0. The minimum Gasteiger partial charge on any atom is -0.480 e. The van der Waals surface area contributed by atoms with Crippen molar-refractivity contribution >= 4 is 12.0 Å². The molecule has 0 unspecified atom stereocenters. The average molecular weight is 244 g/mol. The van der Waals surface area contributed by atoms with E-state index in [9.17, 15) is 14.7 Å². The van der Waals surface area contributed by atoms with Crippen molar-refractivity contribution in [3.63, 3.8) is 0 Å². The Kier molecular flexibility index (Phi) is 5.99. The van der Waals surface area contributed by atoms with Gasteiger partial charge in [0.1, 0.15) is 5.54 Å². The Morgan fingerprint density at radius 1 is 1.24 bits per heavy atom. The van der Waals surface area contributed by atoms with Crippen LogP contribution in [0.1, 0.15) is 47.5 Å². The summed E-state index contributed by atoms with van der Waals surface area (Å²) in [6.07, 6.45) is 0.750. The molecule has 0 aromatic rings. The molecular formula is C12H24N2O3. The van der Waals surface area contributed by atoms with Crippen molar-refractivity contribution in [3.05, 3.63) is 0 Å². The van der Waals surface area contributed by atoms with Crippen LogP contribution in [0, 0.1) is 0 Å².